The summed E-state index contributed by atoms with van der Waals surface area (Å²) in [7, 11) is 0. The van der Waals surface area contributed by atoms with E-state index in [9.17, 15) is 9.59 Å². The molecule has 1 aromatic heterocycles. The first-order valence-electron chi connectivity index (χ1n) is 12.3. The first kappa shape index (κ1) is 26.9. The topological polar surface area (TPSA) is 69.9 Å². The van der Waals surface area contributed by atoms with E-state index in [1.165, 1.54) is 11.3 Å². The van der Waals surface area contributed by atoms with Gasteiger partial charge in [-0.2, -0.15) is 0 Å². The molecule has 4 aromatic rings. The molecule has 0 aliphatic carbocycles. The predicted octanol–water partition coefficient (Wildman–Crippen LogP) is 5.68. The van der Waals surface area contributed by atoms with Gasteiger partial charge in [-0.1, -0.05) is 83.1 Å². The van der Waals surface area contributed by atoms with Gasteiger partial charge in [0.25, 0.3) is 5.56 Å². The molecule has 6 nitrogen and oxygen atoms in total. The number of rotatable bonds is 7. The van der Waals surface area contributed by atoms with Crippen LogP contribution in [-0.2, 0) is 16.1 Å². The average molecular weight is 580 g/mol. The quantitative estimate of drug-likeness (QED) is 0.264. The van der Waals surface area contributed by atoms with Gasteiger partial charge in [0.1, 0.15) is 12.4 Å². The zero-order chi connectivity index (χ0) is 27.5. The van der Waals surface area contributed by atoms with Crippen LogP contribution in [0, 0.1) is 0 Å². The van der Waals surface area contributed by atoms with Crippen molar-refractivity contribution in [3.05, 3.63) is 130 Å². The summed E-state index contributed by atoms with van der Waals surface area (Å²) in [5.74, 6) is 0.161. The number of carbonyl (C=O) groups excluding carboxylic acids is 1. The summed E-state index contributed by atoms with van der Waals surface area (Å²) in [5, 5.41) is 0.934. The van der Waals surface area contributed by atoms with E-state index in [2.05, 4.69) is 4.99 Å². The minimum atomic E-state index is -0.716. The van der Waals surface area contributed by atoms with Crippen LogP contribution in [0.15, 0.2) is 93.9 Å². The molecule has 1 aliphatic rings. The predicted molar refractivity (Wildman–Crippen MR) is 154 cm³/mol. The molecule has 0 fully saturated rings. The van der Waals surface area contributed by atoms with E-state index in [0.717, 1.165) is 11.1 Å². The van der Waals surface area contributed by atoms with Crippen molar-refractivity contribution < 1.29 is 14.3 Å². The van der Waals surface area contributed by atoms with Gasteiger partial charge >= 0.3 is 5.97 Å². The van der Waals surface area contributed by atoms with E-state index in [-0.39, 0.29) is 12.2 Å². The smallest absolute Gasteiger partial charge is 0.338 e. The number of hydrogen-bond donors (Lipinski definition) is 0. The zero-order valence-electron chi connectivity index (χ0n) is 21.2. The number of esters is 1. The van der Waals surface area contributed by atoms with E-state index in [0.29, 0.717) is 48.6 Å². The van der Waals surface area contributed by atoms with Crippen molar-refractivity contribution in [2.24, 2.45) is 4.99 Å². The number of nitrogens with zero attached hydrogens (tertiary/aromatic N) is 2. The second kappa shape index (κ2) is 11.6. The Morgan fingerprint density at radius 1 is 1.08 bits per heavy atom. The van der Waals surface area contributed by atoms with E-state index in [4.69, 9.17) is 32.7 Å². The molecule has 39 heavy (non-hydrogen) atoms. The molecule has 1 atom stereocenters. The highest BCUT2D eigenvalue weighted by atomic mass is 35.5. The molecule has 0 amide bonds. The minimum absolute atomic E-state index is 0.202. The summed E-state index contributed by atoms with van der Waals surface area (Å²) < 4.78 is 13.3. The van der Waals surface area contributed by atoms with Crippen LogP contribution in [0.25, 0.3) is 6.08 Å². The van der Waals surface area contributed by atoms with Gasteiger partial charge in [-0.25, -0.2) is 9.79 Å². The molecule has 198 valence electrons. The van der Waals surface area contributed by atoms with Gasteiger partial charge in [-0.15, -0.1) is 0 Å². The summed E-state index contributed by atoms with van der Waals surface area (Å²) in [6, 6.07) is 21.6. The number of thiazole rings is 1. The lowest BCUT2D eigenvalue weighted by Gasteiger charge is -2.24. The van der Waals surface area contributed by atoms with Crippen LogP contribution in [0.2, 0.25) is 10.0 Å². The van der Waals surface area contributed by atoms with E-state index in [1.54, 1.807) is 42.7 Å². The monoisotopic (exact) mass is 578 g/mol. The zero-order valence-corrected chi connectivity index (χ0v) is 23.5. The van der Waals surface area contributed by atoms with Crippen molar-refractivity contribution >= 4 is 46.6 Å². The van der Waals surface area contributed by atoms with Crippen molar-refractivity contribution in [3.63, 3.8) is 0 Å². The van der Waals surface area contributed by atoms with Crippen LogP contribution < -0.4 is 19.6 Å². The van der Waals surface area contributed by atoms with Crippen LogP contribution in [-0.4, -0.2) is 17.1 Å². The third kappa shape index (κ3) is 5.71. The maximum atomic E-state index is 13.8. The van der Waals surface area contributed by atoms with Crippen LogP contribution in [0.3, 0.4) is 0 Å². The van der Waals surface area contributed by atoms with Gasteiger partial charge in [-0.3, -0.25) is 9.36 Å². The SMILES string of the molecule is CCOC(=O)C1=C(C)N=c2sc(=Cc3ccc(Cl)cc3Cl)c(=O)n2C1c1ccc(OCc2ccccc2)cc1. The minimum Gasteiger partial charge on any atom is -0.489 e. The Morgan fingerprint density at radius 2 is 1.82 bits per heavy atom. The van der Waals surface area contributed by atoms with Gasteiger partial charge in [0.2, 0.25) is 0 Å². The molecule has 1 aliphatic heterocycles. The maximum Gasteiger partial charge on any atom is 0.338 e. The molecule has 5 rings (SSSR count). The number of allylic oxidation sites excluding steroid dienone is 1. The molecule has 0 radical (unpaired) electrons. The Morgan fingerprint density at radius 3 is 2.51 bits per heavy atom. The van der Waals surface area contributed by atoms with E-state index < -0.39 is 12.0 Å². The number of ether oxygens (including phenoxy) is 2. The first-order chi connectivity index (χ1) is 18.9. The van der Waals surface area contributed by atoms with E-state index in [1.807, 2.05) is 54.6 Å². The number of aromatic nitrogens is 1. The van der Waals surface area contributed by atoms with Gasteiger partial charge in [-0.05, 0) is 60.9 Å². The Bertz CT molecular complexity index is 1740. The Hall–Kier alpha value is -3.65. The summed E-state index contributed by atoms with van der Waals surface area (Å²) in [6.45, 7) is 4.13. The summed E-state index contributed by atoms with van der Waals surface area (Å²) in [5.41, 5.74) is 2.98. The number of carbonyl (C=O) groups is 1. The van der Waals surface area contributed by atoms with Crippen LogP contribution in [0.1, 0.15) is 36.6 Å². The van der Waals surface area contributed by atoms with Crippen LogP contribution >= 0.6 is 34.5 Å². The molecule has 1 unspecified atom stereocenters. The molecule has 2 heterocycles. The van der Waals surface area contributed by atoms with Gasteiger partial charge < -0.3 is 9.47 Å². The lowest BCUT2D eigenvalue weighted by atomic mass is 9.96. The highest BCUT2D eigenvalue weighted by molar-refractivity contribution is 7.07. The third-order valence-electron chi connectivity index (χ3n) is 6.21. The van der Waals surface area contributed by atoms with Crippen molar-refractivity contribution in [1.29, 1.82) is 0 Å². The van der Waals surface area contributed by atoms with Crippen molar-refractivity contribution in [1.82, 2.24) is 4.57 Å². The van der Waals surface area contributed by atoms with Crippen LogP contribution in [0.5, 0.6) is 5.75 Å². The fourth-order valence-corrected chi connectivity index (χ4v) is 5.85. The van der Waals surface area contributed by atoms with Crippen LogP contribution in [0.4, 0.5) is 0 Å². The van der Waals surface area contributed by atoms with Gasteiger partial charge in [0.05, 0.1) is 28.5 Å². The Kier molecular flexibility index (Phi) is 8.02. The fraction of sp³-hybridized carbons (Fsp3) is 0.167. The number of hydrogen-bond acceptors (Lipinski definition) is 6. The first-order valence-corrected chi connectivity index (χ1v) is 13.8. The highest BCUT2D eigenvalue weighted by Gasteiger charge is 2.33. The summed E-state index contributed by atoms with van der Waals surface area (Å²) in [6.07, 6.45) is 1.71. The summed E-state index contributed by atoms with van der Waals surface area (Å²) in [4.78, 5) is 31.9. The molecule has 9 heteroatoms. The highest BCUT2D eigenvalue weighted by Crippen LogP contribution is 2.32. The van der Waals surface area contributed by atoms with Crippen molar-refractivity contribution in [3.8, 4) is 5.75 Å². The maximum absolute atomic E-state index is 13.8. The molecule has 0 saturated heterocycles. The summed E-state index contributed by atoms with van der Waals surface area (Å²) >= 11 is 13.6. The Balaban J connectivity index is 1.57. The Labute approximate surface area is 239 Å². The number of fused-ring (bicyclic) bond motifs is 1. The average Bonchev–Trinajstić information content (AvgIpc) is 3.23. The lowest BCUT2D eigenvalue weighted by Crippen LogP contribution is -2.39. The molecule has 0 spiro atoms. The van der Waals surface area contributed by atoms with Gasteiger partial charge in [0, 0.05) is 10.0 Å². The molecule has 0 bridgehead atoms. The second-order valence-corrected chi connectivity index (χ2v) is 10.7. The van der Waals surface area contributed by atoms with E-state index >= 15 is 0 Å². The normalized spacial score (nSPS) is 15.1. The molecule has 0 saturated carbocycles. The largest absolute Gasteiger partial charge is 0.489 e. The fourth-order valence-electron chi connectivity index (χ4n) is 4.35. The van der Waals surface area contributed by atoms with Gasteiger partial charge in [0.15, 0.2) is 4.80 Å². The molecular formula is C30H24Cl2N2O4S. The molecule has 0 N–H and O–H groups in total. The second-order valence-electron chi connectivity index (χ2n) is 8.81. The van der Waals surface area contributed by atoms with Crippen molar-refractivity contribution in [2.45, 2.75) is 26.5 Å². The standard InChI is InChI=1S/C30H24Cl2N2O4S/c1-3-37-29(36)26-18(2)33-30-34(28(35)25(39-30)15-21-9-12-22(31)16-24(21)32)27(26)20-10-13-23(14-11-20)38-17-19-7-5-4-6-8-19/h4-16,27H,3,17H2,1-2H3. The third-order valence-corrected chi connectivity index (χ3v) is 7.76. The van der Waals surface area contributed by atoms with Crippen molar-refractivity contribution in [2.75, 3.05) is 6.61 Å². The number of halogens is 2. The number of benzene rings is 3. The molecule has 3 aromatic carbocycles. The molecular weight excluding hydrogens is 555 g/mol. The lowest BCUT2D eigenvalue weighted by molar-refractivity contribution is -0.139.